The van der Waals surface area contributed by atoms with Crippen LogP contribution in [0.1, 0.15) is 31.6 Å². The van der Waals surface area contributed by atoms with Crippen LogP contribution in [0, 0.1) is 6.92 Å². The molecular formula is C16H21N3O2. The summed E-state index contributed by atoms with van der Waals surface area (Å²) in [6.45, 7) is 5.86. The average molecular weight is 287 g/mol. The number of nitrogens with one attached hydrogen (secondary N) is 2. The van der Waals surface area contributed by atoms with Crippen molar-refractivity contribution in [2.45, 2.75) is 39.7 Å². The minimum Gasteiger partial charge on any atom is -0.374 e. The summed E-state index contributed by atoms with van der Waals surface area (Å²) in [5.74, 6) is 0.992. The van der Waals surface area contributed by atoms with Crippen LogP contribution in [-0.2, 0) is 11.2 Å². The molecular weight excluding hydrogens is 266 g/mol. The second-order valence-corrected chi connectivity index (χ2v) is 4.97. The summed E-state index contributed by atoms with van der Waals surface area (Å²) in [6, 6.07) is 9.50. The van der Waals surface area contributed by atoms with Gasteiger partial charge in [-0.05, 0) is 37.5 Å². The lowest BCUT2D eigenvalue weighted by Gasteiger charge is -2.17. The third kappa shape index (κ3) is 4.08. The van der Waals surface area contributed by atoms with Crippen molar-refractivity contribution in [3.05, 3.63) is 41.7 Å². The van der Waals surface area contributed by atoms with Gasteiger partial charge in [0.15, 0.2) is 5.82 Å². The summed E-state index contributed by atoms with van der Waals surface area (Å²) >= 11 is 0. The van der Waals surface area contributed by atoms with Crippen molar-refractivity contribution in [2.24, 2.45) is 0 Å². The van der Waals surface area contributed by atoms with Gasteiger partial charge in [0.25, 0.3) is 0 Å². The molecule has 1 heterocycles. The van der Waals surface area contributed by atoms with Crippen LogP contribution in [0.15, 0.2) is 34.9 Å². The third-order valence-electron chi connectivity index (χ3n) is 3.31. The zero-order chi connectivity index (χ0) is 15.2. The second-order valence-electron chi connectivity index (χ2n) is 4.97. The van der Waals surface area contributed by atoms with Gasteiger partial charge in [0.1, 0.15) is 11.8 Å². The van der Waals surface area contributed by atoms with Gasteiger partial charge >= 0.3 is 0 Å². The Kier molecular flexibility index (Phi) is 4.98. The molecule has 1 unspecified atom stereocenters. The molecule has 0 fully saturated rings. The van der Waals surface area contributed by atoms with E-state index in [9.17, 15) is 4.79 Å². The van der Waals surface area contributed by atoms with E-state index in [1.165, 1.54) is 5.56 Å². The highest BCUT2D eigenvalue weighted by Crippen LogP contribution is 2.14. The third-order valence-corrected chi connectivity index (χ3v) is 3.31. The van der Waals surface area contributed by atoms with Gasteiger partial charge in [0, 0.05) is 11.8 Å². The fraction of sp³-hybridized carbons (Fsp3) is 0.375. The Morgan fingerprint density at radius 3 is 2.52 bits per heavy atom. The Bertz CT molecular complexity index is 590. The molecule has 5 nitrogen and oxygen atoms in total. The van der Waals surface area contributed by atoms with Gasteiger partial charge in [0.05, 0.1) is 0 Å². The first kappa shape index (κ1) is 15.1. The SMILES string of the molecule is CCc1ccc(NC(CC)C(=O)Nc2cc(C)on2)cc1. The van der Waals surface area contributed by atoms with Crippen LogP contribution in [0.5, 0.6) is 0 Å². The maximum atomic E-state index is 12.2. The molecule has 1 atom stereocenters. The van der Waals surface area contributed by atoms with Crippen LogP contribution < -0.4 is 10.6 Å². The fourth-order valence-electron chi connectivity index (χ4n) is 2.03. The number of hydrogen-bond acceptors (Lipinski definition) is 4. The van der Waals surface area contributed by atoms with E-state index >= 15 is 0 Å². The van der Waals surface area contributed by atoms with E-state index in [0.29, 0.717) is 18.0 Å². The Labute approximate surface area is 124 Å². The minimum atomic E-state index is -0.311. The van der Waals surface area contributed by atoms with Crippen LogP contribution in [-0.4, -0.2) is 17.1 Å². The van der Waals surface area contributed by atoms with Crippen LogP contribution in [0.4, 0.5) is 11.5 Å². The summed E-state index contributed by atoms with van der Waals surface area (Å²) in [5.41, 5.74) is 2.21. The molecule has 0 aliphatic rings. The number of hydrogen-bond donors (Lipinski definition) is 2. The Balaban J connectivity index is 1.99. The van der Waals surface area contributed by atoms with E-state index in [1.54, 1.807) is 13.0 Å². The molecule has 0 aliphatic heterocycles. The molecule has 2 rings (SSSR count). The number of benzene rings is 1. The first-order valence-corrected chi connectivity index (χ1v) is 7.22. The number of aromatic nitrogens is 1. The highest BCUT2D eigenvalue weighted by molar-refractivity contribution is 5.95. The van der Waals surface area contributed by atoms with Crippen LogP contribution in [0.2, 0.25) is 0 Å². The number of amides is 1. The first-order chi connectivity index (χ1) is 10.1. The van der Waals surface area contributed by atoms with Gasteiger partial charge in [-0.25, -0.2) is 0 Å². The number of anilines is 2. The summed E-state index contributed by atoms with van der Waals surface area (Å²) in [7, 11) is 0. The number of carbonyl (C=O) groups is 1. The van der Waals surface area contributed by atoms with Gasteiger partial charge in [-0.2, -0.15) is 0 Å². The number of nitrogens with zero attached hydrogens (tertiary/aromatic N) is 1. The monoisotopic (exact) mass is 287 g/mol. The quantitative estimate of drug-likeness (QED) is 0.854. The molecule has 1 aromatic heterocycles. The molecule has 0 radical (unpaired) electrons. The van der Waals surface area contributed by atoms with E-state index in [4.69, 9.17) is 4.52 Å². The zero-order valence-corrected chi connectivity index (χ0v) is 12.6. The molecule has 0 saturated carbocycles. The van der Waals surface area contributed by atoms with Gasteiger partial charge in [0.2, 0.25) is 5.91 Å². The van der Waals surface area contributed by atoms with E-state index in [1.807, 2.05) is 19.1 Å². The van der Waals surface area contributed by atoms with Crippen molar-refractivity contribution in [2.75, 3.05) is 10.6 Å². The Hall–Kier alpha value is -2.30. The predicted molar refractivity (Wildman–Crippen MR) is 83.4 cm³/mol. The van der Waals surface area contributed by atoms with Crippen molar-refractivity contribution < 1.29 is 9.32 Å². The predicted octanol–water partition coefficient (Wildman–Crippen LogP) is 3.37. The van der Waals surface area contributed by atoms with Crippen molar-refractivity contribution in [3.63, 3.8) is 0 Å². The molecule has 0 spiro atoms. The lowest BCUT2D eigenvalue weighted by Crippen LogP contribution is -2.34. The van der Waals surface area contributed by atoms with E-state index in [-0.39, 0.29) is 11.9 Å². The lowest BCUT2D eigenvalue weighted by atomic mass is 10.1. The van der Waals surface area contributed by atoms with Gasteiger partial charge < -0.3 is 15.2 Å². The largest absolute Gasteiger partial charge is 0.374 e. The maximum Gasteiger partial charge on any atom is 0.248 e. The van der Waals surface area contributed by atoms with Crippen molar-refractivity contribution >= 4 is 17.4 Å². The topological polar surface area (TPSA) is 67.2 Å². The van der Waals surface area contributed by atoms with Crippen LogP contribution >= 0.6 is 0 Å². The Morgan fingerprint density at radius 1 is 1.29 bits per heavy atom. The highest BCUT2D eigenvalue weighted by atomic mass is 16.5. The summed E-state index contributed by atoms with van der Waals surface area (Å²) < 4.78 is 4.94. The molecule has 1 aromatic carbocycles. The number of rotatable bonds is 6. The van der Waals surface area contributed by atoms with E-state index < -0.39 is 0 Å². The number of aryl methyl sites for hydroxylation is 2. The normalized spacial score (nSPS) is 12.0. The van der Waals surface area contributed by atoms with Gasteiger partial charge in [-0.3, -0.25) is 4.79 Å². The molecule has 2 N–H and O–H groups in total. The molecule has 1 amide bonds. The molecule has 112 valence electrons. The molecule has 2 aromatic rings. The molecule has 0 bridgehead atoms. The highest BCUT2D eigenvalue weighted by Gasteiger charge is 2.17. The standard InChI is InChI=1S/C16H21N3O2/c1-4-12-6-8-13(9-7-12)17-14(5-2)16(20)18-15-10-11(3)21-19-15/h6-10,14,17H,4-5H2,1-3H3,(H,18,19,20). The van der Waals surface area contributed by atoms with E-state index in [2.05, 4.69) is 34.8 Å². The smallest absolute Gasteiger partial charge is 0.248 e. The summed E-state index contributed by atoms with van der Waals surface area (Å²) in [4.78, 5) is 12.2. The molecule has 0 aliphatic carbocycles. The second kappa shape index (κ2) is 6.92. The number of carbonyl (C=O) groups excluding carboxylic acids is 1. The molecule has 21 heavy (non-hydrogen) atoms. The van der Waals surface area contributed by atoms with Crippen molar-refractivity contribution in [1.29, 1.82) is 0 Å². The Morgan fingerprint density at radius 2 is 2.00 bits per heavy atom. The average Bonchev–Trinajstić information content (AvgIpc) is 2.90. The van der Waals surface area contributed by atoms with Crippen molar-refractivity contribution in [1.82, 2.24) is 5.16 Å². The first-order valence-electron chi connectivity index (χ1n) is 7.22. The minimum absolute atomic E-state index is 0.120. The van der Waals surface area contributed by atoms with Gasteiger partial charge in [-0.15, -0.1) is 0 Å². The fourth-order valence-corrected chi connectivity index (χ4v) is 2.03. The van der Waals surface area contributed by atoms with Crippen LogP contribution in [0.3, 0.4) is 0 Å². The van der Waals surface area contributed by atoms with Crippen LogP contribution in [0.25, 0.3) is 0 Å². The molecule has 0 saturated heterocycles. The molecule has 5 heteroatoms. The zero-order valence-electron chi connectivity index (χ0n) is 12.6. The van der Waals surface area contributed by atoms with E-state index in [0.717, 1.165) is 12.1 Å². The lowest BCUT2D eigenvalue weighted by molar-refractivity contribution is -0.117. The maximum absolute atomic E-state index is 12.2. The van der Waals surface area contributed by atoms with Gasteiger partial charge in [-0.1, -0.05) is 31.1 Å². The summed E-state index contributed by atoms with van der Waals surface area (Å²) in [5, 5.41) is 9.75. The summed E-state index contributed by atoms with van der Waals surface area (Å²) in [6.07, 6.45) is 1.68. The van der Waals surface area contributed by atoms with Crippen molar-refractivity contribution in [3.8, 4) is 0 Å².